The van der Waals surface area contributed by atoms with Crippen LogP contribution < -0.4 is 5.73 Å². The van der Waals surface area contributed by atoms with E-state index in [2.05, 4.69) is 17.1 Å². The van der Waals surface area contributed by atoms with Crippen LogP contribution in [0, 0.1) is 6.92 Å². The molecule has 0 aliphatic carbocycles. The van der Waals surface area contributed by atoms with Crippen molar-refractivity contribution < 1.29 is 0 Å². The molecule has 3 heteroatoms. The van der Waals surface area contributed by atoms with Gasteiger partial charge in [-0.15, -0.1) is 0 Å². The van der Waals surface area contributed by atoms with E-state index < -0.39 is 5.54 Å². The predicted octanol–water partition coefficient (Wildman–Crippen LogP) is 4.42. The lowest BCUT2D eigenvalue weighted by Gasteiger charge is -2.26. The first-order chi connectivity index (χ1) is 9.96. The Labute approximate surface area is 129 Å². The molecule has 1 atom stereocenters. The predicted molar refractivity (Wildman–Crippen MR) is 88.6 cm³/mol. The summed E-state index contributed by atoms with van der Waals surface area (Å²) in [5.41, 5.74) is 10.1. The van der Waals surface area contributed by atoms with Gasteiger partial charge < -0.3 is 5.73 Å². The van der Waals surface area contributed by atoms with Gasteiger partial charge in [0.15, 0.2) is 0 Å². The van der Waals surface area contributed by atoms with E-state index in [9.17, 15) is 0 Å². The van der Waals surface area contributed by atoms with E-state index in [0.717, 1.165) is 27.7 Å². The molecule has 0 amide bonds. The second kappa shape index (κ2) is 5.14. The normalized spacial score (nSPS) is 14.1. The third-order valence-electron chi connectivity index (χ3n) is 3.87. The van der Waals surface area contributed by atoms with Crippen LogP contribution in [0.15, 0.2) is 54.6 Å². The van der Waals surface area contributed by atoms with Crippen LogP contribution in [0.5, 0.6) is 0 Å². The van der Waals surface area contributed by atoms with Crippen LogP contribution in [0.25, 0.3) is 10.9 Å². The summed E-state index contributed by atoms with van der Waals surface area (Å²) < 4.78 is 0. The van der Waals surface area contributed by atoms with Crippen LogP contribution in [0.2, 0.25) is 5.02 Å². The van der Waals surface area contributed by atoms with Crippen molar-refractivity contribution in [1.29, 1.82) is 0 Å². The van der Waals surface area contributed by atoms with Crippen molar-refractivity contribution >= 4 is 22.5 Å². The number of rotatable bonds is 2. The van der Waals surface area contributed by atoms with Crippen LogP contribution in [0.3, 0.4) is 0 Å². The van der Waals surface area contributed by atoms with Gasteiger partial charge in [-0.2, -0.15) is 0 Å². The van der Waals surface area contributed by atoms with Crippen LogP contribution in [-0.4, -0.2) is 4.98 Å². The molecule has 0 radical (unpaired) electrons. The summed E-state index contributed by atoms with van der Waals surface area (Å²) in [6, 6.07) is 18.0. The first-order valence-electron chi connectivity index (χ1n) is 6.89. The molecule has 1 heterocycles. The maximum atomic E-state index is 6.57. The minimum absolute atomic E-state index is 0.566. The van der Waals surface area contributed by atoms with Crippen LogP contribution in [0.1, 0.15) is 23.7 Å². The molecule has 0 saturated heterocycles. The van der Waals surface area contributed by atoms with E-state index in [0.29, 0.717) is 5.02 Å². The monoisotopic (exact) mass is 296 g/mol. The van der Waals surface area contributed by atoms with Gasteiger partial charge in [-0.25, -0.2) is 0 Å². The highest BCUT2D eigenvalue weighted by Crippen LogP contribution is 2.29. The van der Waals surface area contributed by atoms with Crippen LogP contribution in [0.4, 0.5) is 0 Å². The molecule has 0 fully saturated rings. The van der Waals surface area contributed by atoms with E-state index >= 15 is 0 Å². The Morgan fingerprint density at radius 1 is 0.952 bits per heavy atom. The van der Waals surface area contributed by atoms with Crippen molar-refractivity contribution in [2.75, 3.05) is 0 Å². The molecular weight excluding hydrogens is 280 g/mol. The van der Waals surface area contributed by atoms with Gasteiger partial charge in [0.1, 0.15) is 0 Å². The lowest BCUT2D eigenvalue weighted by molar-refractivity contribution is 0.604. The van der Waals surface area contributed by atoms with E-state index in [1.807, 2.05) is 56.3 Å². The van der Waals surface area contributed by atoms with Crippen molar-refractivity contribution in [3.8, 4) is 0 Å². The third-order valence-corrected chi connectivity index (χ3v) is 4.12. The van der Waals surface area contributed by atoms with Gasteiger partial charge in [0.2, 0.25) is 0 Å². The number of aromatic nitrogens is 1. The number of nitrogens with zero attached hydrogens (tertiary/aromatic N) is 1. The molecule has 0 saturated carbocycles. The summed E-state index contributed by atoms with van der Waals surface area (Å²) in [6.07, 6.45) is 0. The van der Waals surface area contributed by atoms with Crippen LogP contribution in [-0.2, 0) is 5.54 Å². The summed E-state index contributed by atoms with van der Waals surface area (Å²) in [5.74, 6) is 0. The topological polar surface area (TPSA) is 38.9 Å². The first-order valence-corrected chi connectivity index (χ1v) is 7.27. The highest BCUT2D eigenvalue weighted by atomic mass is 35.5. The van der Waals surface area contributed by atoms with Gasteiger partial charge in [0, 0.05) is 16.1 Å². The minimum atomic E-state index is -0.566. The maximum Gasteiger partial charge on any atom is 0.0705 e. The van der Waals surface area contributed by atoms with Crippen molar-refractivity contribution in [3.05, 3.63) is 76.4 Å². The Morgan fingerprint density at radius 3 is 2.33 bits per heavy atom. The third kappa shape index (κ3) is 2.65. The van der Waals surface area contributed by atoms with E-state index in [4.69, 9.17) is 17.3 Å². The zero-order valence-corrected chi connectivity index (χ0v) is 12.9. The van der Waals surface area contributed by atoms with E-state index in [1.165, 1.54) is 0 Å². The second-order valence-corrected chi connectivity index (χ2v) is 6.01. The van der Waals surface area contributed by atoms with Gasteiger partial charge in [-0.05, 0) is 55.3 Å². The highest BCUT2D eigenvalue weighted by Gasteiger charge is 2.23. The Bertz CT molecular complexity index is 792. The number of aryl methyl sites for hydroxylation is 1. The maximum absolute atomic E-state index is 6.57. The van der Waals surface area contributed by atoms with Crippen molar-refractivity contribution in [2.45, 2.75) is 19.4 Å². The quantitative estimate of drug-likeness (QED) is 0.760. The number of fused-ring (bicyclic) bond motifs is 1. The molecule has 0 spiro atoms. The van der Waals surface area contributed by atoms with Crippen molar-refractivity contribution in [3.63, 3.8) is 0 Å². The molecule has 3 aromatic rings. The standard InChI is InChI=1S/C18H17ClN2/c1-12-3-4-13-11-15(7-10-17(13)21-12)18(2,20)14-5-8-16(19)9-6-14/h3-11H,20H2,1-2H3. The van der Waals surface area contributed by atoms with Gasteiger partial charge in [-0.3, -0.25) is 4.98 Å². The van der Waals surface area contributed by atoms with E-state index in [-0.39, 0.29) is 0 Å². The fourth-order valence-electron chi connectivity index (χ4n) is 2.51. The van der Waals surface area contributed by atoms with Gasteiger partial charge >= 0.3 is 0 Å². The minimum Gasteiger partial charge on any atom is -0.318 e. The summed E-state index contributed by atoms with van der Waals surface area (Å²) >= 11 is 5.95. The summed E-state index contributed by atoms with van der Waals surface area (Å²) in [4.78, 5) is 4.52. The largest absolute Gasteiger partial charge is 0.318 e. The fourth-order valence-corrected chi connectivity index (χ4v) is 2.64. The Balaban J connectivity index is 2.09. The lowest BCUT2D eigenvalue weighted by Crippen LogP contribution is -2.34. The average Bonchev–Trinajstić information content (AvgIpc) is 2.47. The molecule has 2 aromatic carbocycles. The van der Waals surface area contributed by atoms with Gasteiger partial charge in [0.25, 0.3) is 0 Å². The molecular formula is C18H17ClN2. The van der Waals surface area contributed by atoms with E-state index in [1.54, 1.807) is 0 Å². The molecule has 1 unspecified atom stereocenters. The Kier molecular flexibility index (Phi) is 3.44. The zero-order valence-electron chi connectivity index (χ0n) is 12.1. The van der Waals surface area contributed by atoms with Gasteiger partial charge in [-0.1, -0.05) is 35.9 Å². The van der Waals surface area contributed by atoms with Crippen molar-refractivity contribution in [2.24, 2.45) is 5.73 Å². The number of hydrogen-bond donors (Lipinski definition) is 1. The summed E-state index contributed by atoms with van der Waals surface area (Å²) in [7, 11) is 0. The number of hydrogen-bond acceptors (Lipinski definition) is 2. The first kappa shape index (κ1) is 14.1. The molecule has 2 nitrogen and oxygen atoms in total. The molecule has 2 N–H and O–H groups in total. The molecule has 0 aliphatic rings. The highest BCUT2D eigenvalue weighted by molar-refractivity contribution is 6.30. The number of pyridine rings is 1. The number of halogens is 1. The average molecular weight is 297 g/mol. The lowest BCUT2D eigenvalue weighted by atomic mass is 9.85. The summed E-state index contributed by atoms with van der Waals surface area (Å²) in [6.45, 7) is 4.01. The van der Waals surface area contributed by atoms with Crippen LogP contribution >= 0.6 is 11.6 Å². The van der Waals surface area contributed by atoms with Crippen molar-refractivity contribution in [1.82, 2.24) is 4.98 Å². The zero-order chi connectivity index (χ0) is 15.0. The molecule has 0 aliphatic heterocycles. The second-order valence-electron chi connectivity index (χ2n) is 5.57. The molecule has 106 valence electrons. The van der Waals surface area contributed by atoms with Gasteiger partial charge in [0.05, 0.1) is 11.1 Å². The molecule has 21 heavy (non-hydrogen) atoms. The Hall–Kier alpha value is -1.90. The number of nitrogens with two attached hydrogens (primary N) is 1. The SMILES string of the molecule is Cc1ccc2cc(C(C)(N)c3ccc(Cl)cc3)ccc2n1. The Morgan fingerprint density at radius 2 is 1.62 bits per heavy atom. The fraction of sp³-hybridized carbons (Fsp3) is 0.167. The molecule has 0 bridgehead atoms. The summed E-state index contributed by atoms with van der Waals surface area (Å²) in [5, 5.41) is 1.82. The molecule has 3 rings (SSSR count). The number of benzene rings is 2. The molecule has 1 aromatic heterocycles. The smallest absolute Gasteiger partial charge is 0.0705 e.